The third-order valence-electron chi connectivity index (χ3n) is 3.75. The second-order valence-electron chi connectivity index (χ2n) is 5.66. The molecule has 0 N–H and O–H groups in total. The van der Waals surface area contributed by atoms with Crippen molar-refractivity contribution in [3.05, 3.63) is 34.9 Å². The summed E-state index contributed by atoms with van der Waals surface area (Å²) in [6, 6.07) is 8.03. The molecule has 1 fully saturated rings. The van der Waals surface area contributed by atoms with E-state index in [2.05, 4.69) is 13.0 Å². The van der Waals surface area contributed by atoms with Crippen LogP contribution in [0.25, 0.3) is 0 Å². The molecule has 98 valence electrons. The number of amides is 1. The minimum atomic E-state index is 0.175. The highest BCUT2D eigenvalue weighted by atomic mass is 35.5. The van der Waals surface area contributed by atoms with Gasteiger partial charge in [0.15, 0.2) is 0 Å². The predicted octanol–water partition coefficient (Wildman–Crippen LogP) is 3.53. The number of piperidine rings is 1. The van der Waals surface area contributed by atoms with Crippen LogP contribution in [0.4, 0.5) is 0 Å². The quantitative estimate of drug-likeness (QED) is 0.801. The third-order valence-corrected chi connectivity index (χ3v) is 3.98. The monoisotopic (exact) mass is 265 g/mol. The van der Waals surface area contributed by atoms with Crippen molar-refractivity contribution >= 4 is 17.5 Å². The molecular formula is C15H20ClNO. The normalized spacial score (nSPS) is 24.1. The molecule has 0 bridgehead atoms. The Bertz CT molecular complexity index is 446. The van der Waals surface area contributed by atoms with Crippen molar-refractivity contribution in [1.29, 1.82) is 0 Å². The zero-order valence-corrected chi connectivity index (χ0v) is 11.8. The van der Waals surface area contributed by atoms with Gasteiger partial charge < -0.3 is 4.90 Å². The van der Waals surface area contributed by atoms with Crippen molar-refractivity contribution in [1.82, 2.24) is 4.90 Å². The predicted molar refractivity (Wildman–Crippen MR) is 74.8 cm³/mol. The molecule has 0 spiro atoms. The highest BCUT2D eigenvalue weighted by Crippen LogP contribution is 2.33. The van der Waals surface area contributed by atoms with E-state index in [9.17, 15) is 4.79 Å². The second-order valence-corrected chi connectivity index (χ2v) is 6.10. The molecule has 1 amide bonds. The van der Waals surface area contributed by atoms with Gasteiger partial charge in [-0.2, -0.15) is 0 Å². The standard InChI is InChI=1S/C15H20ClNO/c1-12(18)17-8-4-7-15(2,11-17)10-13-5-3-6-14(16)9-13/h3,5-6,9H,4,7-8,10-11H2,1-2H3. The molecule has 1 unspecified atom stereocenters. The molecule has 1 aromatic carbocycles. The first-order valence-corrected chi connectivity index (χ1v) is 6.86. The Labute approximate surface area is 114 Å². The fourth-order valence-electron chi connectivity index (χ4n) is 2.87. The average Bonchev–Trinajstić information content (AvgIpc) is 2.28. The number of likely N-dealkylation sites (tertiary alicyclic amines) is 1. The van der Waals surface area contributed by atoms with E-state index >= 15 is 0 Å². The largest absolute Gasteiger partial charge is 0.342 e. The summed E-state index contributed by atoms with van der Waals surface area (Å²) in [5.41, 5.74) is 1.43. The van der Waals surface area contributed by atoms with Crippen LogP contribution in [-0.4, -0.2) is 23.9 Å². The molecule has 0 aliphatic carbocycles. The van der Waals surface area contributed by atoms with Gasteiger partial charge in [-0.3, -0.25) is 4.79 Å². The Kier molecular flexibility index (Phi) is 3.96. The lowest BCUT2D eigenvalue weighted by Crippen LogP contribution is -2.44. The minimum absolute atomic E-state index is 0.175. The van der Waals surface area contributed by atoms with Gasteiger partial charge in [-0.25, -0.2) is 0 Å². The fraction of sp³-hybridized carbons (Fsp3) is 0.533. The first-order chi connectivity index (χ1) is 8.48. The van der Waals surface area contributed by atoms with E-state index in [-0.39, 0.29) is 11.3 Å². The summed E-state index contributed by atoms with van der Waals surface area (Å²) < 4.78 is 0. The summed E-state index contributed by atoms with van der Waals surface area (Å²) in [6.07, 6.45) is 3.25. The van der Waals surface area contributed by atoms with Crippen molar-refractivity contribution in [2.24, 2.45) is 5.41 Å². The molecule has 1 heterocycles. The molecule has 18 heavy (non-hydrogen) atoms. The van der Waals surface area contributed by atoms with E-state index in [1.807, 2.05) is 23.1 Å². The number of halogens is 1. The van der Waals surface area contributed by atoms with E-state index in [1.54, 1.807) is 6.92 Å². The number of carbonyl (C=O) groups is 1. The van der Waals surface area contributed by atoms with E-state index in [0.717, 1.165) is 31.0 Å². The van der Waals surface area contributed by atoms with Crippen molar-refractivity contribution in [2.75, 3.05) is 13.1 Å². The number of nitrogens with zero attached hydrogens (tertiary/aromatic N) is 1. The van der Waals surface area contributed by atoms with Gasteiger partial charge in [0.1, 0.15) is 0 Å². The average molecular weight is 266 g/mol. The maximum atomic E-state index is 11.5. The van der Waals surface area contributed by atoms with Crippen LogP contribution < -0.4 is 0 Å². The van der Waals surface area contributed by atoms with Gasteiger partial charge in [-0.15, -0.1) is 0 Å². The van der Waals surface area contributed by atoms with E-state index in [0.29, 0.717) is 0 Å². The van der Waals surface area contributed by atoms with Crippen LogP contribution in [0.3, 0.4) is 0 Å². The van der Waals surface area contributed by atoms with Gasteiger partial charge >= 0.3 is 0 Å². The zero-order valence-electron chi connectivity index (χ0n) is 11.1. The molecule has 0 radical (unpaired) electrons. The van der Waals surface area contributed by atoms with Crippen molar-refractivity contribution < 1.29 is 4.79 Å². The van der Waals surface area contributed by atoms with Crippen LogP contribution in [0.15, 0.2) is 24.3 Å². The third kappa shape index (κ3) is 3.26. The van der Waals surface area contributed by atoms with E-state index < -0.39 is 0 Å². The van der Waals surface area contributed by atoms with Gasteiger partial charge in [-0.05, 0) is 42.4 Å². The zero-order chi connectivity index (χ0) is 13.2. The summed E-state index contributed by atoms with van der Waals surface area (Å²) in [5.74, 6) is 0.187. The summed E-state index contributed by atoms with van der Waals surface area (Å²) >= 11 is 6.02. The van der Waals surface area contributed by atoms with Crippen LogP contribution in [-0.2, 0) is 11.2 Å². The summed E-state index contributed by atoms with van der Waals surface area (Å²) in [5, 5.41) is 0.787. The summed E-state index contributed by atoms with van der Waals surface area (Å²) in [6.45, 7) is 5.68. The Balaban J connectivity index is 2.09. The molecule has 0 saturated carbocycles. The maximum Gasteiger partial charge on any atom is 0.219 e. The molecule has 2 rings (SSSR count). The second kappa shape index (κ2) is 5.31. The smallest absolute Gasteiger partial charge is 0.219 e. The number of benzene rings is 1. The number of hydrogen-bond donors (Lipinski definition) is 0. The first-order valence-electron chi connectivity index (χ1n) is 6.48. The van der Waals surface area contributed by atoms with Crippen LogP contribution in [0, 0.1) is 5.41 Å². The number of hydrogen-bond acceptors (Lipinski definition) is 1. The lowest BCUT2D eigenvalue weighted by Gasteiger charge is -2.40. The van der Waals surface area contributed by atoms with Crippen molar-refractivity contribution in [3.8, 4) is 0 Å². The Morgan fingerprint density at radius 2 is 2.28 bits per heavy atom. The Morgan fingerprint density at radius 1 is 1.50 bits per heavy atom. The number of carbonyl (C=O) groups excluding carboxylic acids is 1. The molecule has 1 saturated heterocycles. The van der Waals surface area contributed by atoms with Gasteiger partial charge in [0, 0.05) is 25.0 Å². The fourth-order valence-corrected chi connectivity index (χ4v) is 3.08. The van der Waals surface area contributed by atoms with E-state index in [1.165, 1.54) is 12.0 Å². The van der Waals surface area contributed by atoms with Crippen LogP contribution in [0.2, 0.25) is 5.02 Å². The molecular weight excluding hydrogens is 246 g/mol. The molecule has 0 aromatic heterocycles. The molecule has 2 nitrogen and oxygen atoms in total. The number of rotatable bonds is 2. The Morgan fingerprint density at radius 3 is 2.94 bits per heavy atom. The van der Waals surface area contributed by atoms with Crippen molar-refractivity contribution in [3.63, 3.8) is 0 Å². The SMILES string of the molecule is CC(=O)N1CCCC(C)(Cc2cccc(Cl)c2)C1. The molecule has 3 heteroatoms. The van der Waals surface area contributed by atoms with Gasteiger partial charge in [-0.1, -0.05) is 30.7 Å². The van der Waals surface area contributed by atoms with Crippen molar-refractivity contribution in [2.45, 2.75) is 33.1 Å². The van der Waals surface area contributed by atoms with Crippen LogP contribution in [0.5, 0.6) is 0 Å². The minimum Gasteiger partial charge on any atom is -0.342 e. The molecule has 1 aliphatic rings. The van der Waals surface area contributed by atoms with Crippen LogP contribution in [0.1, 0.15) is 32.3 Å². The van der Waals surface area contributed by atoms with E-state index in [4.69, 9.17) is 11.6 Å². The van der Waals surface area contributed by atoms with Gasteiger partial charge in [0.25, 0.3) is 0 Å². The lowest BCUT2D eigenvalue weighted by molar-refractivity contribution is -0.132. The molecule has 1 aliphatic heterocycles. The molecule has 1 aromatic rings. The summed E-state index contributed by atoms with van der Waals surface area (Å²) in [7, 11) is 0. The molecule has 1 atom stereocenters. The highest BCUT2D eigenvalue weighted by Gasteiger charge is 2.32. The first kappa shape index (κ1) is 13.4. The lowest BCUT2D eigenvalue weighted by atomic mass is 9.77. The van der Waals surface area contributed by atoms with Gasteiger partial charge in [0.05, 0.1) is 0 Å². The maximum absolute atomic E-state index is 11.5. The van der Waals surface area contributed by atoms with Gasteiger partial charge in [0.2, 0.25) is 5.91 Å². The highest BCUT2D eigenvalue weighted by molar-refractivity contribution is 6.30. The topological polar surface area (TPSA) is 20.3 Å². The Hall–Kier alpha value is -1.02. The summed E-state index contributed by atoms with van der Waals surface area (Å²) in [4.78, 5) is 13.5. The van der Waals surface area contributed by atoms with Crippen LogP contribution >= 0.6 is 11.6 Å².